The van der Waals surface area contributed by atoms with Crippen molar-refractivity contribution < 1.29 is 9.47 Å². The molecule has 2 aromatic carbocycles. The summed E-state index contributed by atoms with van der Waals surface area (Å²) >= 11 is 3.61. The topological polar surface area (TPSA) is 30.5 Å². The van der Waals surface area contributed by atoms with Crippen molar-refractivity contribution in [3.63, 3.8) is 0 Å². The Hall–Kier alpha value is -1.52. The van der Waals surface area contributed by atoms with Crippen molar-refractivity contribution in [1.29, 1.82) is 0 Å². The number of nitrogens with one attached hydrogen (secondary N) is 1. The molecule has 1 heterocycles. The van der Waals surface area contributed by atoms with Gasteiger partial charge in [-0.3, -0.25) is 0 Å². The van der Waals surface area contributed by atoms with Gasteiger partial charge in [0, 0.05) is 11.0 Å². The number of hydrogen-bond donors (Lipinski definition) is 1. The molecule has 0 saturated carbocycles. The van der Waals surface area contributed by atoms with Crippen LogP contribution in [0.1, 0.15) is 35.2 Å². The summed E-state index contributed by atoms with van der Waals surface area (Å²) in [6, 6.07) is 11.0. The third-order valence-corrected chi connectivity index (χ3v) is 4.63. The molecule has 122 valence electrons. The Kier molecular flexibility index (Phi) is 4.93. The van der Waals surface area contributed by atoms with E-state index in [1.54, 1.807) is 7.11 Å². The van der Waals surface area contributed by atoms with Crippen LogP contribution in [0.5, 0.6) is 11.5 Å². The van der Waals surface area contributed by atoms with Gasteiger partial charge in [0.25, 0.3) is 0 Å². The second-order valence-electron chi connectivity index (χ2n) is 5.83. The molecule has 0 amide bonds. The molecule has 23 heavy (non-hydrogen) atoms. The second kappa shape index (κ2) is 6.93. The molecule has 0 radical (unpaired) electrons. The second-order valence-corrected chi connectivity index (χ2v) is 6.75. The van der Waals surface area contributed by atoms with E-state index in [0.29, 0.717) is 6.61 Å². The SMILES string of the molecule is CCOc1cc2c(cc1OC)CCNC2c1cc(C)cc(Br)c1. The van der Waals surface area contributed by atoms with Crippen LogP contribution < -0.4 is 14.8 Å². The number of halogens is 1. The van der Waals surface area contributed by atoms with Crippen LogP contribution in [0, 0.1) is 6.92 Å². The predicted molar refractivity (Wildman–Crippen MR) is 96.6 cm³/mol. The fraction of sp³-hybridized carbons (Fsp3) is 0.368. The van der Waals surface area contributed by atoms with Crippen molar-refractivity contribution in [2.24, 2.45) is 0 Å². The third-order valence-electron chi connectivity index (χ3n) is 4.18. The number of ether oxygens (including phenoxy) is 2. The highest BCUT2D eigenvalue weighted by molar-refractivity contribution is 9.10. The molecule has 0 saturated heterocycles. The fourth-order valence-electron chi connectivity index (χ4n) is 3.22. The number of fused-ring (bicyclic) bond motifs is 1. The van der Waals surface area contributed by atoms with Gasteiger partial charge in [0.15, 0.2) is 11.5 Å². The van der Waals surface area contributed by atoms with Gasteiger partial charge in [-0.05, 0) is 66.8 Å². The van der Waals surface area contributed by atoms with Gasteiger partial charge >= 0.3 is 0 Å². The van der Waals surface area contributed by atoms with E-state index in [0.717, 1.165) is 28.9 Å². The van der Waals surface area contributed by atoms with Gasteiger partial charge in [-0.1, -0.05) is 22.0 Å². The lowest BCUT2D eigenvalue weighted by molar-refractivity contribution is 0.309. The number of benzene rings is 2. The molecule has 4 heteroatoms. The Morgan fingerprint density at radius 3 is 2.70 bits per heavy atom. The van der Waals surface area contributed by atoms with Gasteiger partial charge in [-0.2, -0.15) is 0 Å². The number of methoxy groups -OCH3 is 1. The van der Waals surface area contributed by atoms with Crippen LogP contribution in [0.4, 0.5) is 0 Å². The van der Waals surface area contributed by atoms with Crippen molar-refractivity contribution in [2.45, 2.75) is 26.3 Å². The van der Waals surface area contributed by atoms with Crippen LogP contribution in [0.25, 0.3) is 0 Å². The molecule has 3 rings (SSSR count). The highest BCUT2D eigenvalue weighted by Crippen LogP contribution is 2.38. The zero-order chi connectivity index (χ0) is 16.4. The van der Waals surface area contributed by atoms with E-state index < -0.39 is 0 Å². The maximum atomic E-state index is 5.76. The van der Waals surface area contributed by atoms with Crippen LogP contribution >= 0.6 is 15.9 Å². The first-order valence-electron chi connectivity index (χ1n) is 7.96. The molecule has 1 aliphatic rings. The highest BCUT2D eigenvalue weighted by Gasteiger charge is 2.24. The average Bonchev–Trinajstić information content (AvgIpc) is 2.53. The summed E-state index contributed by atoms with van der Waals surface area (Å²) < 4.78 is 12.4. The van der Waals surface area contributed by atoms with Gasteiger partial charge in [0.2, 0.25) is 0 Å². The minimum Gasteiger partial charge on any atom is -0.493 e. The van der Waals surface area contributed by atoms with Gasteiger partial charge in [0.05, 0.1) is 19.8 Å². The van der Waals surface area contributed by atoms with Crippen LogP contribution in [0.2, 0.25) is 0 Å². The van der Waals surface area contributed by atoms with E-state index >= 15 is 0 Å². The van der Waals surface area contributed by atoms with Crippen molar-refractivity contribution in [2.75, 3.05) is 20.3 Å². The van der Waals surface area contributed by atoms with E-state index in [9.17, 15) is 0 Å². The number of rotatable bonds is 4. The average molecular weight is 376 g/mol. The summed E-state index contributed by atoms with van der Waals surface area (Å²) in [6.45, 7) is 5.70. The van der Waals surface area contributed by atoms with Gasteiger partial charge in [-0.15, -0.1) is 0 Å². The lowest BCUT2D eigenvalue weighted by atomic mass is 9.89. The highest BCUT2D eigenvalue weighted by atomic mass is 79.9. The molecule has 1 atom stereocenters. The molecule has 1 unspecified atom stereocenters. The van der Waals surface area contributed by atoms with Crippen LogP contribution in [-0.4, -0.2) is 20.3 Å². The molecule has 0 fully saturated rings. The summed E-state index contributed by atoms with van der Waals surface area (Å²) in [5, 5.41) is 3.64. The zero-order valence-corrected chi connectivity index (χ0v) is 15.4. The minimum absolute atomic E-state index is 0.181. The Bertz CT molecular complexity index is 695. The smallest absolute Gasteiger partial charge is 0.161 e. The Morgan fingerprint density at radius 2 is 2.00 bits per heavy atom. The summed E-state index contributed by atoms with van der Waals surface area (Å²) in [6.07, 6.45) is 1.00. The first-order valence-corrected chi connectivity index (χ1v) is 8.75. The molecule has 1 aliphatic heterocycles. The molecule has 0 aliphatic carbocycles. The van der Waals surface area contributed by atoms with E-state index in [-0.39, 0.29) is 6.04 Å². The summed E-state index contributed by atoms with van der Waals surface area (Å²) in [4.78, 5) is 0. The Labute approximate surface area is 146 Å². The largest absolute Gasteiger partial charge is 0.493 e. The normalized spacial score (nSPS) is 16.8. The number of hydrogen-bond acceptors (Lipinski definition) is 3. The summed E-state index contributed by atoms with van der Waals surface area (Å²) in [7, 11) is 1.69. The van der Waals surface area contributed by atoms with E-state index in [1.807, 2.05) is 6.92 Å². The molecular formula is C19H22BrNO2. The zero-order valence-electron chi connectivity index (χ0n) is 13.8. The van der Waals surface area contributed by atoms with E-state index in [1.165, 1.54) is 22.3 Å². The van der Waals surface area contributed by atoms with Crippen LogP contribution in [-0.2, 0) is 6.42 Å². The molecule has 0 spiro atoms. The summed E-state index contributed by atoms with van der Waals surface area (Å²) in [5.74, 6) is 1.63. The predicted octanol–water partition coefficient (Wildman–Crippen LogP) is 4.40. The van der Waals surface area contributed by atoms with Crippen molar-refractivity contribution >= 4 is 15.9 Å². The maximum Gasteiger partial charge on any atom is 0.161 e. The van der Waals surface area contributed by atoms with Crippen molar-refractivity contribution in [1.82, 2.24) is 5.32 Å². The molecule has 3 nitrogen and oxygen atoms in total. The first kappa shape index (κ1) is 16.3. The monoisotopic (exact) mass is 375 g/mol. The quantitative estimate of drug-likeness (QED) is 0.858. The Morgan fingerprint density at radius 1 is 1.17 bits per heavy atom. The van der Waals surface area contributed by atoms with Crippen molar-refractivity contribution in [3.05, 3.63) is 57.1 Å². The van der Waals surface area contributed by atoms with Crippen LogP contribution in [0.3, 0.4) is 0 Å². The minimum atomic E-state index is 0.181. The fourth-order valence-corrected chi connectivity index (χ4v) is 3.85. The number of aryl methyl sites for hydroxylation is 1. The van der Waals surface area contributed by atoms with Gasteiger partial charge in [-0.25, -0.2) is 0 Å². The maximum absolute atomic E-state index is 5.76. The Balaban J connectivity index is 2.08. The van der Waals surface area contributed by atoms with Gasteiger partial charge < -0.3 is 14.8 Å². The first-order chi connectivity index (χ1) is 11.1. The van der Waals surface area contributed by atoms with Gasteiger partial charge in [0.1, 0.15) is 0 Å². The molecular weight excluding hydrogens is 354 g/mol. The lowest BCUT2D eigenvalue weighted by Crippen LogP contribution is -2.30. The third kappa shape index (κ3) is 3.38. The van der Waals surface area contributed by atoms with E-state index in [2.05, 4.69) is 58.5 Å². The molecule has 2 aromatic rings. The lowest BCUT2D eigenvalue weighted by Gasteiger charge is -2.29. The van der Waals surface area contributed by atoms with Crippen LogP contribution in [0.15, 0.2) is 34.8 Å². The molecule has 0 aromatic heterocycles. The molecule has 0 bridgehead atoms. The molecule has 1 N–H and O–H groups in total. The van der Waals surface area contributed by atoms with E-state index in [4.69, 9.17) is 9.47 Å². The standard InChI is InChI=1S/C19H22BrNO2/c1-4-23-18-11-16-13(10-17(18)22-3)5-6-21-19(16)14-7-12(2)8-15(20)9-14/h7-11,19,21H,4-6H2,1-3H3. The van der Waals surface area contributed by atoms with Crippen molar-refractivity contribution in [3.8, 4) is 11.5 Å². The summed E-state index contributed by atoms with van der Waals surface area (Å²) in [5.41, 5.74) is 5.12.